The van der Waals surface area contributed by atoms with Crippen molar-refractivity contribution in [2.45, 2.75) is 6.04 Å². The second-order valence-electron chi connectivity index (χ2n) is 4.70. The third-order valence-corrected chi connectivity index (χ3v) is 3.15. The Kier molecular flexibility index (Phi) is 5.00. The molecule has 2 amide bonds. The molecule has 0 bridgehead atoms. The van der Waals surface area contributed by atoms with E-state index < -0.39 is 35.3 Å². The number of likely N-dealkylation sites (N-methyl/N-ethyl adjacent to an activating group) is 1. The van der Waals surface area contributed by atoms with E-state index >= 15 is 0 Å². The summed E-state index contributed by atoms with van der Waals surface area (Å²) in [5, 5.41) is 4.69. The molecule has 120 valence electrons. The number of benzene rings is 2. The second-order valence-corrected chi connectivity index (χ2v) is 4.70. The van der Waals surface area contributed by atoms with Crippen LogP contribution in [-0.4, -0.2) is 18.9 Å². The van der Waals surface area contributed by atoms with E-state index in [-0.39, 0.29) is 11.1 Å². The summed E-state index contributed by atoms with van der Waals surface area (Å²) in [6.45, 7) is 0. The molecule has 4 nitrogen and oxygen atoms in total. The molecule has 1 atom stereocenters. The van der Waals surface area contributed by atoms with Crippen LogP contribution in [0.3, 0.4) is 0 Å². The Balaban J connectivity index is 2.30. The minimum Gasteiger partial charge on any atom is -0.357 e. The lowest BCUT2D eigenvalue weighted by molar-refractivity contribution is -0.122. The lowest BCUT2D eigenvalue weighted by Gasteiger charge is -2.18. The Morgan fingerprint density at radius 2 is 1.74 bits per heavy atom. The summed E-state index contributed by atoms with van der Waals surface area (Å²) in [6, 6.07) is 6.50. The van der Waals surface area contributed by atoms with Crippen molar-refractivity contribution >= 4 is 11.8 Å². The number of hydrogen-bond acceptors (Lipinski definition) is 2. The van der Waals surface area contributed by atoms with Gasteiger partial charge in [-0.2, -0.15) is 0 Å². The van der Waals surface area contributed by atoms with E-state index in [1.54, 1.807) is 0 Å². The molecular weight excluding hydrogens is 309 g/mol. The van der Waals surface area contributed by atoms with Crippen molar-refractivity contribution < 1.29 is 22.8 Å². The van der Waals surface area contributed by atoms with Gasteiger partial charge < -0.3 is 10.6 Å². The van der Waals surface area contributed by atoms with Crippen LogP contribution in [0, 0.1) is 17.5 Å². The predicted molar refractivity (Wildman–Crippen MR) is 77.0 cm³/mol. The van der Waals surface area contributed by atoms with Crippen molar-refractivity contribution in [2.24, 2.45) is 0 Å². The highest BCUT2D eigenvalue weighted by molar-refractivity contribution is 5.97. The smallest absolute Gasteiger partial charge is 0.252 e. The van der Waals surface area contributed by atoms with Gasteiger partial charge in [0.05, 0.1) is 0 Å². The SMILES string of the molecule is CNC(=O)C(NC(=O)c1cccc(F)c1)c1ccc(F)c(F)c1. The molecule has 2 aromatic carbocycles. The van der Waals surface area contributed by atoms with Crippen molar-refractivity contribution in [3.63, 3.8) is 0 Å². The second kappa shape index (κ2) is 6.95. The topological polar surface area (TPSA) is 58.2 Å². The number of carbonyl (C=O) groups is 2. The lowest BCUT2D eigenvalue weighted by Crippen LogP contribution is -2.39. The van der Waals surface area contributed by atoms with Crippen LogP contribution in [0.15, 0.2) is 42.5 Å². The zero-order valence-corrected chi connectivity index (χ0v) is 12.1. The van der Waals surface area contributed by atoms with Gasteiger partial charge in [-0.15, -0.1) is 0 Å². The first-order chi connectivity index (χ1) is 10.9. The van der Waals surface area contributed by atoms with Gasteiger partial charge in [-0.3, -0.25) is 9.59 Å². The largest absolute Gasteiger partial charge is 0.357 e. The first-order valence-corrected chi connectivity index (χ1v) is 6.65. The molecule has 0 heterocycles. The van der Waals surface area contributed by atoms with E-state index in [1.807, 2.05) is 0 Å². The molecule has 0 saturated carbocycles. The third-order valence-electron chi connectivity index (χ3n) is 3.15. The number of amides is 2. The van der Waals surface area contributed by atoms with Gasteiger partial charge in [-0.25, -0.2) is 13.2 Å². The van der Waals surface area contributed by atoms with Crippen LogP contribution in [0.25, 0.3) is 0 Å². The molecule has 0 spiro atoms. The van der Waals surface area contributed by atoms with E-state index in [9.17, 15) is 22.8 Å². The maximum atomic E-state index is 13.4. The van der Waals surface area contributed by atoms with Crippen molar-refractivity contribution in [1.82, 2.24) is 10.6 Å². The Hall–Kier alpha value is -2.83. The monoisotopic (exact) mass is 322 g/mol. The Labute approximate surface area is 130 Å². The Morgan fingerprint density at radius 3 is 2.35 bits per heavy atom. The summed E-state index contributed by atoms with van der Waals surface area (Å²) in [4.78, 5) is 24.1. The molecular formula is C16H13F3N2O2. The van der Waals surface area contributed by atoms with Crippen LogP contribution in [0.1, 0.15) is 22.0 Å². The average Bonchev–Trinajstić information content (AvgIpc) is 2.54. The van der Waals surface area contributed by atoms with E-state index in [2.05, 4.69) is 10.6 Å². The van der Waals surface area contributed by atoms with Gasteiger partial charge in [-0.1, -0.05) is 12.1 Å². The normalized spacial score (nSPS) is 11.7. The van der Waals surface area contributed by atoms with Crippen LogP contribution in [-0.2, 0) is 4.79 Å². The minimum atomic E-state index is -1.24. The molecule has 0 aromatic heterocycles. The van der Waals surface area contributed by atoms with E-state index in [0.29, 0.717) is 0 Å². The minimum absolute atomic E-state index is 0.00138. The Bertz CT molecular complexity index is 750. The first-order valence-electron chi connectivity index (χ1n) is 6.65. The van der Waals surface area contributed by atoms with Gasteiger partial charge in [0.15, 0.2) is 11.6 Å². The van der Waals surface area contributed by atoms with E-state index in [4.69, 9.17) is 0 Å². The molecule has 0 fully saturated rings. The maximum absolute atomic E-state index is 13.4. The summed E-state index contributed by atoms with van der Waals surface area (Å²) in [7, 11) is 1.34. The van der Waals surface area contributed by atoms with Gasteiger partial charge in [0.25, 0.3) is 5.91 Å². The lowest BCUT2D eigenvalue weighted by atomic mass is 10.0. The van der Waals surface area contributed by atoms with Crippen LogP contribution in [0.2, 0.25) is 0 Å². The molecule has 7 heteroatoms. The zero-order valence-electron chi connectivity index (χ0n) is 12.1. The number of rotatable bonds is 4. The molecule has 2 aromatic rings. The molecule has 2 rings (SSSR count). The quantitative estimate of drug-likeness (QED) is 0.908. The molecule has 0 aliphatic carbocycles. The van der Waals surface area contributed by atoms with Crippen LogP contribution < -0.4 is 10.6 Å². The fourth-order valence-corrected chi connectivity index (χ4v) is 1.98. The maximum Gasteiger partial charge on any atom is 0.252 e. The fourth-order valence-electron chi connectivity index (χ4n) is 1.98. The highest BCUT2D eigenvalue weighted by Crippen LogP contribution is 2.18. The third kappa shape index (κ3) is 3.88. The number of nitrogens with one attached hydrogen (secondary N) is 2. The van der Waals surface area contributed by atoms with Gasteiger partial charge in [0.1, 0.15) is 11.9 Å². The van der Waals surface area contributed by atoms with Crippen molar-refractivity contribution in [2.75, 3.05) is 7.05 Å². The van der Waals surface area contributed by atoms with Crippen LogP contribution in [0.4, 0.5) is 13.2 Å². The highest BCUT2D eigenvalue weighted by Gasteiger charge is 2.23. The van der Waals surface area contributed by atoms with Gasteiger partial charge in [0, 0.05) is 12.6 Å². The molecule has 1 unspecified atom stereocenters. The summed E-state index contributed by atoms with van der Waals surface area (Å²) in [5.74, 6) is -4.16. The molecule has 0 radical (unpaired) electrons. The highest BCUT2D eigenvalue weighted by atomic mass is 19.2. The van der Waals surface area contributed by atoms with Gasteiger partial charge >= 0.3 is 0 Å². The zero-order chi connectivity index (χ0) is 17.0. The van der Waals surface area contributed by atoms with Gasteiger partial charge in [-0.05, 0) is 35.9 Å². The van der Waals surface area contributed by atoms with Crippen molar-refractivity contribution in [1.29, 1.82) is 0 Å². The van der Waals surface area contributed by atoms with Gasteiger partial charge in [0.2, 0.25) is 5.91 Å². The summed E-state index contributed by atoms with van der Waals surface area (Å²) in [6.07, 6.45) is 0. The summed E-state index contributed by atoms with van der Waals surface area (Å²) >= 11 is 0. The molecule has 0 aliphatic heterocycles. The summed E-state index contributed by atoms with van der Waals surface area (Å²) in [5.41, 5.74) is 0.0643. The standard InChI is InChI=1S/C16H13F3N2O2/c1-20-16(23)14(9-5-6-12(18)13(19)8-9)21-15(22)10-3-2-4-11(17)7-10/h2-8,14H,1H3,(H,20,23)(H,21,22). The van der Waals surface area contributed by atoms with E-state index in [0.717, 1.165) is 18.2 Å². The fraction of sp³-hybridized carbons (Fsp3) is 0.125. The van der Waals surface area contributed by atoms with Crippen LogP contribution >= 0.6 is 0 Å². The predicted octanol–water partition coefficient (Wildman–Crippen LogP) is 2.32. The molecule has 23 heavy (non-hydrogen) atoms. The molecule has 2 N–H and O–H groups in total. The van der Waals surface area contributed by atoms with Crippen molar-refractivity contribution in [3.8, 4) is 0 Å². The molecule has 0 aliphatic rings. The Morgan fingerprint density at radius 1 is 1.00 bits per heavy atom. The first kappa shape index (κ1) is 16.5. The number of hydrogen-bond donors (Lipinski definition) is 2. The number of carbonyl (C=O) groups excluding carboxylic acids is 2. The average molecular weight is 322 g/mol. The summed E-state index contributed by atoms with van der Waals surface area (Å²) < 4.78 is 39.5. The van der Waals surface area contributed by atoms with E-state index in [1.165, 1.54) is 31.3 Å². The molecule has 0 saturated heterocycles. The van der Waals surface area contributed by atoms with Crippen LogP contribution in [0.5, 0.6) is 0 Å². The number of halogens is 3. The van der Waals surface area contributed by atoms with Crippen molar-refractivity contribution in [3.05, 3.63) is 71.0 Å².